The van der Waals surface area contributed by atoms with Crippen LogP contribution in [0.1, 0.15) is 30.1 Å². The SMILES string of the molecule is O=C(O)N1CC[C@@H](c2cc(=O)[nH]o2)C[C@@H]1Cc1cc(F)cc(F)c1. The summed E-state index contributed by atoms with van der Waals surface area (Å²) in [5, 5.41) is 11.6. The van der Waals surface area contributed by atoms with Crippen LogP contribution in [-0.4, -0.2) is 33.8 Å². The Morgan fingerprint density at radius 3 is 2.58 bits per heavy atom. The van der Waals surface area contributed by atoms with Crippen molar-refractivity contribution in [3.63, 3.8) is 0 Å². The second kappa shape index (κ2) is 6.46. The van der Waals surface area contributed by atoms with Crippen LogP contribution in [-0.2, 0) is 6.42 Å². The fourth-order valence-electron chi connectivity index (χ4n) is 3.25. The van der Waals surface area contributed by atoms with Gasteiger partial charge in [-0.15, -0.1) is 0 Å². The molecule has 0 unspecified atom stereocenters. The van der Waals surface area contributed by atoms with E-state index in [1.54, 1.807) is 0 Å². The number of aromatic amines is 1. The Morgan fingerprint density at radius 2 is 2.00 bits per heavy atom. The number of aromatic nitrogens is 1. The largest absolute Gasteiger partial charge is 0.465 e. The predicted molar refractivity (Wildman–Crippen MR) is 79.9 cm³/mol. The number of carbonyl (C=O) groups is 1. The van der Waals surface area contributed by atoms with Gasteiger partial charge < -0.3 is 14.5 Å². The molecule has 1 aliphatic rings. The molecular weight excluding hydrogens is 322 g/mol. The molecule has 0 saturated carbocycles. The second-order valence-corrected chi connectivity index (χ2v) is 5.95. The normalized spacial score (nSPS) is 21.0. The molecule has 2 heterocycles. The number of carboxylic acid groups (broad SMARTS) is 1. The van der Waals surface area contributed by atoms with E-state index in [-0.39, 0.29) is 24.4 Å². The van der Waals surface area contributed by atoms with Gasteiger partial charge in [-0.1, -0.05) is 0 Å². The highest BCUT2D eigenvalue weighted by molar-refractivity contribution is 5.65. The molecule has 0 radical (unpaired) electrons. The highest BCUT2D eigenvalue weighted by Crippen LogP contribution is 2.32. The fraction of sp³-hybridized carbons (Fsp3) is 0.375. The van der Waals surface area contributed by atoms with E-state index in [2.05, 4.69) is 5.16 Å². The van der Waals surface area contributed by atoms with Crippen molar-refractivity contribution >= 4 is 6.09 Å². The van der Waals surface area contributed by atoms with E-state index in [0.717, 1.165) is 6.07 Å². The molecule has 2 N–H and O–H groups in total. The van der Waals surface area contributed by atoms with Crippen molar-refractivity contribution in [2.45, 2.75) is 31.2 Å². The average Bonchev–Trinajstić information content (AvgIpc) is 2.92. The number of piperidine rings is 1. The first-order valence-electron chi connectivity index (χ1n) is 7.55. The van der Waals surface area contributed by atoms with Crippen LogP contribution in [0.3, 0.4) is 0 Å². The van der Waals surface area contributed by atoms with Crippen LogP contribution >= 0.6 is 0 Å². The Hall–Kier alpha value is -2.64. The number of nitrogens with one attached hydrogen (secondary N) is 1. The lowest BCUT2D eigenvalue weighted by molar-refractivity contribution is 0.0968. The van der Waals surface area contributed by atoms with Crippen LogP contribution in [0.25, 0.3) is 0 Å². The number of benzene rings is 1. The van der Waals surface area contributed by atoms with Gasteiger partial charge in [0, 0.05) is 30.6 Å². The van der Waals surface area contributed by atoms with Crippen molar-refractivity contribution in [1.82, 2.24) is 10.1 Å². The molecular formula is C16H16F2N2O4. The zero-order chi connectivity index (χ0) is 17.3. The molecule has 3 rings (SSSR count). The number of halogens is 2. The van der Waals surface area contributed by atoms with Gasteiger partial charge in [-0.05, 0) is 37.0 Å². The number of likely N-dealkylation sites (tertiary alicyclic amines) is 1. The number of hydrogen-bond donors (Lipinski definition) is 2. The van der Waals surface area contributed by atoms with Crippen LogP contribution in [0.5, 0.6) is 0 Å². The smallest absolute Gasteiger partial charge is 0.407 e. The third kappa shape index (κ3) is 3.47. The van der Waals surface area contributed by atoms with Crippen molar-refractivity contribution in [3.8, 4) is 0 Å². The summed E-state index contributed by atoms with van der Waals surface area (Å²) in [7, 11) is 0. The predicted octanol–water partition coefficient (Wildman–Crippen LogP) is 2.71. The molecule has 1 amide bonds. The zero-order valence-corrected chi connectivity index (χ0v) is 12.7. The highest BCUT2D eigenvalue weighted by atomic mass is 19.1. The van der Waals surface area contributed by atoms with Crippen LogP contribution < -0.4 is 5.56 Å². The van der Waals surface area contributed by atoms with Crippen LogP contribution in [0.2, 0.25) is 0 Å². The molecule has 128 valence electrons. The molecule has 8 heteroatoms. The molecule has 1 fully saturated rings. The molecule has 0 aliphatic carbocycles. The topological polar surface area (TPSA) is 86.5 Å². The first-order valence-corrected chi connectivity index (χ1v) is 7.55. The molecule has 6 nitrogen and oxygen atoms in total. The van der Waals surface area contributed by atoms with E-state index >= 15 is 0 Å². The first-order chi connectivity index (χ1) is 11.4. The highest BCUT2D eigenvalue weighted by Gasteiger charge is 2.34. The maximum atomic E-state index is 13.4. The molecule has 1 aromatic heterocycles. The zero-order valence-electron chi connectivity index (χ0n) is 12.7. The maximum Gasteiger partial charge on any atom is 0.407 e. The van der Waals surface area contributed by atoms with E-state index in [1.165, 1.54) is 23.1 Å². The summed E-state index contributed by atoms with van der Waals surface area (Å²) in [4.78, 5) is 23.9. The van der Waals surface area contributed by atoms with Crippen molar-refractivity contribution in [3.05, 3.63) is 57.6 Å². The van der Waals surface area contributed by atoms with Crippen molar-refractivity contribution in [2.75, 3.05) is 6.54 Å². The van der Waals surface area contributed by atoms with Gasteiger partial charge in [0.2, 0.25) is 0 Å². The third-order valence-electron chi connectivity index (χ3n) is 4.30. The van der Waals surface area contributed by atoms with Gasteiger partial charge in [-0.3, -0.25) is 4.79 Å². The van der Waals surface area contributed by atoms with Gasteiger partial charge in [0.25, 0.3) is 5.56 Å². The summed E-state index contributed by atoms with van der Waals surface area (Å²) in [6, 6.07) is 4.06. The minimum Gasteiger partial charge on any atom is -0.465 e. The molecule has 2 atom stereocenters. The standard InChI is InChI=1S/C16H16F2N2O4/c17-11-3-9(4-12(18)7-11)5-13-6-10(1-2-20(13)16(22)23)14-8-15(21)19-24-14/h3-4,7-8,10,13H,1-2,5-6H2,(H,19,21)(H,22,23)/t10-,13+/m1/s1. The van der Waals surface area contributed by atoms with E-state index < -0.39 is 23.8 Å². The Labute approximate surface area is 135 Å². The van der Waals surface area contributed by atoms with Gasteiger partial charge in [-0.2, -0.15) is 5.16 Å². The monoisotopic (exact) mass is 338 g/mol. The van der Waals surface area contributed by atoms with Crippen molar-refractivity contribution in [1.29, 1.82) is 0 Å². The molecule has 0 bridgehead atoms. The lowest BCUT2D eigenvalue weighted by Gasteiger charge is -2.37. The molecule has 1 aromatic carbocycles. The lowest BCUT2D eigenvalue weighted by atomic mass is 9.86. The summed E-state index contributed by atoms with van der Waals surface area (Å²) < 4.78 is 31.8. The van der Waals surface area contributed by atoms with Crippen LogP contribution in [0, 0.1) is 11.6 Å². The number of amides is 1. The van der Waals surface area contributed by atoms with Crippen molar-refractivity contribution < 1.29 is 23.2 Å². The van der Waals surface area contributed by atoms with Crippen molar-refractivity contribution in [2.24, 2.45) is 0 Å². The molecule has 0 spiro atoms. The lowest BCUT2D eigenvalue weighted by Crippen LogP contribution is -2.46. The van der Waals surface area contributed by atoms with Crippen LogP contribution in [0.4, 0.5) is 13.6 Å². The van der Waals surface area contributed by atoms with E-state index in [1.807, 2.05) is 0 Å². The minimum atomic E-state index is -1.08. The number of H-pyrrole nitrogens is 1. The van der Waals surface area contributed by atoms with Gasteiger partial charge in [0.05, 0.1) is 0 Å². The van der Waals surface area contributed by atoms with Gasteiger partial charge in [0.1, 0.15) is 17.4 Å². The minimum absolute atomic E-state index is 0.122. The quantitative estimate of drug-likeness (QED) is 0.901. The Morgan fingerprint density at radius 1 is 1.29 bits per heavy atom. The summed E-state index contributed by atoms with van der Waals surface area (Å²) in [5.74, 6) is -1.05. The van der Waals surface area contributed by atoms with Gasteiger partial charge >= 0.3 is 6.09 Å². The molecule has 2 aromatic rings. The molecule has 1 aliphatic heterocycles. The van der Waals surface area contributed by atoms with E-state index in [9.17, 15) is 23.5 Å². The molecule has 1 saturated heterocycles. The van der Waals surface area contributed by atoms with Gasteiger partial charge in [-0.25, -0.2) is 13.6 Å². The summed E-state index contributed by atoms with van der Waals surface area (Å²) in [6.07, 6.45) is 0.0317. The Kier molecular flexibility index (Phi) is 4.37. The van der Waals surface area contributed by atoms with Crippen LogP contribution in [0.15, 0.2) is 33.6 Å². The number of nitrogens with zero attached hydrogens (tertiary/aromatic N) is 1. The Bertz CT molecular complexity index is 781. The van der Waals surface area contributed by atoms with E-state index in [4.69, 9.17) is 4.52 Å². The summed E-state index contributed by atoms with van der Waals surface area (Å²) in [5.41, 5.74) is 0.0364. The average molecular weight is 338 g/mol. The summed E-state index contributed by atoms with van der Waals surface area (Å²) >= 11 is 0. The molecule has 24 heavy (non-hydrogen) atoms. The summed E-state index contributed by atoms with van der Waals surface area (Å²) in [6.45, 7) is 0.261. The first kappa shape index (κ1) is 16.2. The van der Waals surface area contributed by atoms with E-state index in [0.29, 0.717) is 24.2 Å². The number of hydrogen-bond acceptors (Lipinski definition) is 3. The Balaban J connectivity index is 1.82. The van der Waals surface area contributed by atoms with Gasteiger partial charge in [0.15, 0.2) is 0 Å². The number of rotatable bonds is 3. The maximum absolute atomic E-state index is 13.4. The fourth-order valence-corrected chi connectivity index (χ4v) is 3.25. The second-order valence-electron chi connectivity index (χ2n) is 5.95. The third-order valence-corrected chi connectivity index (χ3v) is 4.30.